The summed E-state index contributed by atoms with van der Waals surface area (Å²) < 4.78 is 2.34. The Morgan fingerprint density at radius 2 is 2.06 bits per heavy atom. The van der Waals surface area contributed by atoms with Crippen LogP contribution in [0.3, 0.4) is 0 Å². The van der Waals surface area contributed by atoms with Gasteiger partial charge in [-0.1, -0.05) is 25.1 Å². The van der Waals surface area contributed by atoms with Crippen molar-refractivity contribution in [1.82, 2.24) is 4.57 Å². The first-order chi connectivity index (χ1) is 8.56. The lowest BCUT2D eigenvalue weighted by molar-refractivity contribution is 0.664. The Balaban J connectivity index is 2.56. The monoisotopic (exact) mass is 244 g/mol. The Labute approximate surface area is 110 Å². The Bertz CT molecular complexity index is 550. The molecule has 2 N–H and O–H groups in total. The minimum atomic E-state index is 0.272. The lowest BCUT2D eigenvalue weighted by Crippen LogP contribution is -2.15. The molecular formula is C16H24N2. The molecule has 1 heterocycles. The summed E-state index contributed by atoms with van der Waals surface area (Å²) in [5, 5.41) is 1.41. The van der Waals surface area contributed by atoms with E-state index >= 15 is 0 Å². The van der Waals surface area contributed by atoms with Crippen LogP contribution in [-0.2, 0) is 19.9 Å². The van der Waals surface area contributed by atoms with Gasteiger partial charge in [-0.3, -0.25) is 0 Å². The van der Waals surface area contributed by atoms with Gasteiger partial charge in [0.25, 0.3) is 0 Å². The van der Waals surface area contributed by atoms with E-state index in [0.29, 0.717) is 0 Å². The number of aromatic nitrogens is 1. The van der Waals surface area contributed by atoms with Crippen LogP contribution in [0, 0.1) is 6.92 Å². The standard InChI is InChI=1S/C16H24N2/c1-5-13-7-6-8-15-14(10-9-11(2)17)12(3)18(4)16(13)15/h6-8,11H,5,9-10,17H2,1-4H3. The van der Waals surface area contributed by atoms with Gasteiger partial charge in [0.2, 0.25) is 0 Å². The summed E-state index contributed by atoms with van der Waals surface area (Å²) in [5.41, 5.74) is 11.6. The van der Waals surface area contributed by atoms with Crippen LogP contribution in [0.2, 0.25) is 0 Å². The SMILES string of the molecule is CCc1cccc2c(CCC(C)N)c(C)n(C)c12. The highest BCUT2D eigenvalue weighted by molar-refractivity contribution is 5.88. The quantitative estimate of drug-likeness (QED) is 0.878. The van der Waals surface area contributed by atoms with Crippen molar-refractivity contribution >= 4 is 10.9 Å². The molecule has 0 aliphatic rings. The smallest absolute Gasteiger partial charge is 0.0515 e. The van der Waals surface area contributed by atoms with Crippen molar-refractivity contribution in [3.8, 4) is 0 Å². The van der Waals surface area contributed by atoms with Crippen LogP contribution in [-0.4, -0.2) is 10.6 Å². The number of benzene rings is 1. The van der Waals surface area contributed by atoms with Crippen molar-refractivity contribution in [3.63, 3.8) is 0 Å². The number of fused-ring (bicyclic) bond motifs is 1. The molecular weight excluding hydrogens is 220 g/mol. The van der Waals surface area contributed by atoms with Crippen LogP contribution in [0.25, 0.3) is 10.9 Å². The second-order valence-corrected chi connectivity index (χ2v) is 5.31. The van der Waals surface area contributed by atoms with Crippen molar-refractivity contribution in [2.24, 2.45) is 12.8 Å². The number of hydrogen-bond donors (Lipinski definition) is 1. The molecule has 1 atom stereocenters. The van der Waals surface area contributed by atoms with Crippen LogP contribution in [0.5, 0.6) is 0 Å². The highest BCUT2D eigenvalue weighted by Crippen LogP contribution is 2.29. The number of rotatable bonds is 4. The number of nitrogens with two attached hydrogens (primary N) is 1. The highest BCUT2D eigenvalue weighted by atomic mass is 14.9. The summed E-state index contributed by atoms with van der Waals surface area (Å²) in [6, 6.07) is 6.93. The topological polar surface area (TPSA) is 30.9 Å². The lowest BCUT2D eigenvalue weighted by atomic mass is 10.0. The fraction of sp³-hybridized carbons (Fsp3) is 0.500. The molecule has 0 radical (unpaired) electrons. The number of aryl methyl sites for hydroxylation is 3. The first kappa shape index (κ1) is 13.2. The fourth-order valence-electron chi connectivity index (χ4n) is 2.77. The molecule has 0 spiro atoms. The summed E-state index contributed by atoms with van der Waals surface area (Å²) in [7, 11) is 2.17. The van der Waals surface area contributed by atoms with Gasteiger partial charge in [-0.2, -0.15) is 0 Å². The Morgan fingerprint density at radius 1 is 1.33 bits per heavy atom. The normalized spacial score (nSPS) is 13.2. The molecule has 1 aromatic heterocycles. The average Bonchev–Trinajstić information content (AvgIpc) is 2.60. The molecule has 98 valence electrons. The van der Waals surface area contributed by atoms with Crippen LogP contribution in [0.1, 0.15) is 37.1 Å². The number of hydrogen-bond acceptors (Lipinski definition) is 1. The second kappa shape index (κ2) is 5.15. The van der Waals surface area contributed by atoms with Crippen LogP contribution < -0.4 is 5.73 Å². The summed E-state index contributed by atoms with van der Waals surface area (Å²) in [6.07, 6.45) is 3.21. The molecule has 1 unspecified atom stereocenters. The minimum Gasteiger partial charge on any atom is -0.347 e. The van der Waals surface area contributed by atoms with Crippen LogP contribution >= 0.6 is 0 Å². The Kier molecular flexibility index (Phi) is 3.76. The molecule has 0 saturated heterocycles. The summed E-state index contributed by atoms with van der Waals surface area (Å²) in [6.45, 7) is 6.52. The van der Waals surface area contributed by atoms with Gasteiger partial charge in [-0.15, -0.1) is 0 Å². The van der Waals surface area contributed by atoms with E-state index in [-0.39, 0.29) is 6.04 Å². The molecule has 2 aromatic rings. The molecule has 0 bridgehead atoms. The van der Waals surface area contributed by atoms with Gasteiger partial charge in [0, 0.05) is 24.2 Å². The fourth-order valence-corrected chi connectivity index (χ4v) is 2.77. The third kappa shape index (κ3) is 2.17. The maximum atomic E-state index is 5.89. The van der Waals surface area contributed by atoms with E-state index in [1.165, 1.54) is 27.7 Å². The summed E-state index contributed by atoms with van der Waals surface area (Å²) in [4.78, 5) is 0. The molecule has 0 aliphatic carbocycles. The zero-order chi connectivity index (χ0) is 13.3. The molecule has 0 fully saturated rings. The molecule has 18 heavy (non-hydrogen) atoms. The first-order valence-electron chi connectivity index (χ1n) is 6.87. The van der Waals surface area contributed by atoms with E-state index in [9.17, 15) is 0 Å². The van der Waals surface area contributed by atoms with E-state index < -0.39 is 0 Å². The van der Waals surface area contributed by atoms with E-state index in [1.807, 2.05) is 0 Å². The molecule has 0 aliphatic heterocycles. The highest BCUT2D eigenvalue weighted by Gasteiger charge is 2.14. The van der Waals surface area contributed by atoms with Crippen LogP contribution in [0.15, 0.2) is 18.2 Å². The minimum absolute atomic E-state index is 0.272. The van der Waals surface area contributed by atoms with Gasteiger partial charge in [0.05, 0.1) is 5.52 Å². The molecule has 2 rings (SSSR count). The van der Waals surface area contributed by atoms with E-state index in [4.69, 9.17) is 5.73 Å². The van der Waals surface area contributed by atoms with Gasteiger partial charge >= 0.3 is 0 Å². The lowest BCUT2D eigenvalue weighted by Gasteiger charge is -2.05. The second-order valence-electron chi connectivity index (χ2n) is 5.31. The predicted octanol–water partition coefficient (Wildman–Crippen LogP) is 3.33. The largest absolute Gasteiger partial charge is 0.347 e. The summed E-state index contributed by atoms with van der Waals surface area (Å²) in [5.74, 6) is 0. The Morgan fingerprint density at radius 3 is 2.67 bits per heavy atom. The van der Waals surface area contributed by atoms with E-state index in [1.54, 1.807) is 0 Å². The van der Waals surface area contributed by atoms with Crippen molar-refractivity contribution in [2.75, 3.05) is 0 Å². The van der Waals surface area contributed by atoms with Gasteiger partial charge < -0.3 is 10.3 Å². The zero-order valence-corrected chi connectivity index (χ0v) is 12.0. The average molecular weight is 244 g/mol. The molecule has 0 saturated carbocycles. The number of nitrogens with zero attached hydrogens (tertiary/aromatic N) is 1. The first-order valence-corrected chi connectivity index (χ1v) is 6.87. The van der Waals surface area contributed by atoms with Crippen molar-refractivity contribution in [1.29, 1.82) is 0 Å². The van der Waals surface area contributed by atoms with Gasteiger partial charge in [0.1, 0.15) is 0 Å². The van der Waals surface area contributed by atoms with Crippen molar-refractivity contribution in [2.45, 2.75) is 46.1 Å². The zero-order valence-electron chi connectivity index (χ0n) is 12.0. The molecule has 1 aromatic carbocycles. The predicted molar refractivity (Wildman–Crippen MR) is 79.0 cm³/mol. The third-order valence-corrected chi connectivity index (χ3v) is 3.95. The van der Waals surface area contributed by atoms with E-state index in [0.717, 1.165) is 19.3 Å². The van der Waals surface area contributed by atoms with Gasteiger partial charge in [-0.25, -0.2) is 0 Å². The van der Waals surface area contributed by atoms with Crippen molar-refractivity contribution < 1.29 is 0 Å². The summed E-state index contributed by atoms with van der Waals surface area (Å²) >= 11 is 0. The van der Waals surface area contributed by atoms with E-state index in [2.05, 4.69) is 50.6 Å². The third-order valence-electron chi connectivity index (χ3n) is 3.95. The van der Waals surface area contributed by atoms with Crippen molar-refractivity contribution in [3.05, 3.63) is 35.0 Å². The Hall–Kier alpha value is -1.28. The van der Waals surface area contributed by atoms with Gasteiger partial charge in [0.15, 0.2) is 0 Å². The molecule has 2 nitrogen and oxygen atoms in total. The maximum absolute atomic E-state index is 5.89. The molecule has 0 amide bonds. The van der Waals surface area contributed by atoms with Gasteiger partial charge in [-0.05, 0) is 44.2 Å². The number of para-hydroxylation sites is 1. The maximum Gasteiger partial charge on any atom is 0.0515 e. The molecule has 2 heteroatoms. The van der Waals surface area contributed by atoms with Crippen LogP contribution in [0.4, 0.5) is 0 Å².